The van der Waals surface area contributed by atoms with E-state index < -0.39 is 0 Å². The number of fused-ring (bicyclic) bond motifs is 23. The fraction of sp³-hybridized carbons (Fsp3) is 0.0270. The van der Waals surface area contributed by atoms with Crippen molar-refractivity contribution in [2.45, 2.75) is 13.8 Å². The van der Waals surface area contributed by atoms with E-state index in [-0.39, 0.29) is 26.9 Å². The number of ether oxygens (including phenoxy) is 2. The van der Waals surface area contributed by atoms with Crippen molar-refractivity contribution in [3.8, 4) is 23.0 Å². The first kappa shape index (κ1) is 45.4. The molecule has 0 unspecified atom stereocenters. The summed E-state index contributed by atoms with van der Waals surface area (Å²) in [6, 6.07) is 86.3. The van der Waals surface area contributed by atoms with E-state index in [1.807, 2.05) is 11.3 Å². The van der Waals surface area contributed by atoms with Crippen LogP contribution in [0.25, 0.3) is 20.2 Å². The topological polar surface area (TPSA) is 31.4 Å². The van der Waals surface area contributed by atoms with Crippen LogP contribution in [0.15, 0.2) is 231 Å². The van der Waals surface area contributed by atoms with E-state index in [0.29, 0.717) is 0 Å². The lowest BCUT2D eigenvalue weighted by Crippen LogP contribution is -2.68. The molecular formula is C74H44B4N4O2S. The van der Waals surface area contributed by atoms with Gasteiger partial charge >= 0.3 is 0 Å². The maximum atomic E-state index is 7.64. The van der Waals surface area contributed by atoms with Gasteiger partial charge in [-0.05, 0) is 152 Å². The van der Waals surface area contributed by atoms with Gasteiger partial charge < -0.3 is 29.1 Å². The van der Waals surface area contributed by atoms with Gasteiger partial charge in [-0.25, -0.2) is 0 Å². The summed E-state index contributed by atoms with van der Waals surface area (Å²) < 4.78 is 17.7. The van der Waals surface area contributed by atoms with E-state index in [4.69, 9.17) is 9.47 Å². The van der Waals surface area contributed by atoms with Gasteiger partial charge in [0.25, 0.3) is 26.9 Å². The molecule has 0 amide bonds. The average Bonchev–Trinajstić information content (AvgIpc) is 1.17. The van der Waals surface area contributed by atoms with Crippen molar-refractivity contribution in [3.63, 3.8) is 0 Å². The van der Waals surface area contributed by atoms with Crippen LogP contribution in [-0.2, 0) is 0 Å². The monoisotopic (exact) mass is 1100 g/mol. The summed E-state index contributed by atoms with van der Waals surface area (Å²) >= 11 is 1.84. The van der Waals surface area contributed by atoms with Crippen molar-refractivity contribution in [1.29, 1.82) is 0 Å². The maximum absolute atomic E-state index is 7.64. The molecule has 85 heavy (non-hydrogen) atoms. The third kappa shape index (κ3) is 5.49. The standard InChI is InChI=1S/C74H44B4N4O2S/c1-41-69-65-71-67-73(41)83-61-39-63-45(37-53(61)77(67)51-29-13-19-35-59(51)81(71)57-33-17-11-27-49(57)75(65)47-25-9-15-31-55(47)79(69)43-21-5-3-6-22-43)46-38-54-62(40-64(46)85-63)84-74-42(2)70-66-72-68(74)78(54)52-30-14-20-36-60(52)82(72)58-34-18-12-28-50(58)76(66)48-26-10-16-32-56(48)80(70)44-23-7-4-8-24-44/h3-40H,1-2H3. The second-order valence-electron chi connectivity index (χ2n) is 24.1. The first-order chi connectivity index (χ1) is 42.1. The SMILES string of the molecule is Cc1c2c3c4c5c1N(c1ccccc1)c1ccccc1B5c1ccccc1N4c1ccccc1B3c1cc3c(cc1O2)sc1cc2c(cc13)B1c3ccccc3N3c4ccccc4B4c5ccccc5N(c5ccccc5)c5c(C)c(c1c3c54)O2. The van der Waals surface area contributed by atoms with E-state index in [1.165, 1.54) is 143 Å². The molecule has 8 aliphatic rings. The van der Waals surface area contributed by atoms with E-state index >= 15 is 0 Å². The minimum absolute atomic E-state index is 0.0202. The van der Waals surface area contributed by atoms with E-state index in [1.54, 1.807) is 0 Å². The van der Waals surface area contributed by atoms with Gasteiger partial charge in [-0.1, -0.05) is 158 Å². The molecule has 12 aromatic carbocycles. The molecule has 0 aliphatic carbocycles. The maximum Gasteiger partial charge on any atom is 0.256 e. The van der Waals surface area contributed by atoms with Gasteiger partial charge in [-0.15, -0.1) is 11.3 Å². The number of anilines is 12. The molecule has 0 radical (unpaired) electrons. The molecule has 0 N–H and O–H groups in total. The predicted molar refractivity (Wildman–Crippen MR) is 359 cm³/mol. The minimum atomic E-state index is -0.0829. The molecule has 0 fully saturated rings. The van der Waals surface area contributed by atoms with Crippen molar-refractivity contribution in [2.24, 2.45) is 0 Å². The average molecular weight is 1100 g/mol. The molecule has 11 heteroatoms. The van der Waals surface area contributed by atoms with Crippen molar-refractivity contribution in [3.05, 3.63) is 242 Å². The molecule has 0 spiro atoms. The number of thiophene rings is 1. The Bertz CT molecular complexity index is 4920. The van der Waals surface area contributed by atoms with Crippen molar-refractivity contribution >= 4 is 192 Å². The second kappa shape index (κ2) is 16.0. The van der Waals surface area contributed by atoms with Crippen molar-refractivity contribution in [1.82, 2.24) is 0 Å². The number of para-hydroxylation sites is 8. The lowest BCUT2D eigenvalue weighted by atomic mass is 9.29. The molecule has 390 valence electrons. The lowest BCUT2D eigenvalue weighted by molar-refractivity contribution is 0.484. The fourth-order valence-electron chi connectivity index (χ4n) is 17.1. The molecule has 8 aliphatic heterocycles. The van der Waals surface area contributed by atoms with Gasteiger partial charge in [0.15, 0.2) is 0 Å². The van der Waals surface area contributed by atoms with Crippen LogP contribution in [0, 0.1) is 13.8 Å². The number of benzene rings is 12. The predicted octanol–water partition coefficient (Wildman–Crippen LogP) is 10.7. The van der Waals surface area contributed by atoms with Gasteiger partial charge in [0.05, 0.1) is 11.4 Å². The molecule has 0 bridgehead atoms. The largest absolute Gasteiger partial charge is 0.458 e. The van der Waals surface area contributed by atoms with Crippen LogP contribution in [0.5, 0.6) is 23.0 Å². The summed E-state index contributed by atoms with van der Waals surface area (Å²) in [5, 5.41) is 2.49. The van der Waals surface area contributed by atoms with Crippen LogP contribution < -0.4 is 94.6 Å². The van der Waals surface area contributed by atoms with E-state index in [2.05, 4.69) is 264 Å². The van der Waals surface area contributed by atoms with Crippen molar-refractivity contribution < 1.29 is 9.47 Å². The third-order valence-corrected chi connectivity index (χ3v) is 21.3. The molecule has 1 aromatic heterocycles. The summed E-state index contributed by atoms with van der Waals surface area (Å²) in [5.41, 5.74) is 32.2. The number of rotatable bonds is 2. The van der Waals surface area contributed by atoms with Crippen LogP contribution in [0.4, 0.5) is 68.2 Å². The quantitative estimate of drug-likeness (QED) is 0.160. The Kier molecular flexibility index (Phi) is 8.53. The lowest BCUT2D eigenvalue weighted by Gasteiger charge is -2.50. The first-order valence-electron chi connectivity index (χ1n) is 29.7. The molecule has 0 saturated carbocycles. The second-order valence-corrected chi connectivity index (χ2v) is 25.2. The van der Waals surface area contributed by atoms with Crippen LogP contribution >= 0.6 is 11.3 Å². The van der Waals surface area contributed by atoms with Crippen LogP contribution in [0.1, 0.15) is 11.1 Å². The minimum Gasteiger partial charge on any atom is -0.458 e. The Balaban J connectivity index is 0.807. The summed E-state index contributed by atoms with van der Waals surface area (Å²) in [5.74, 6) is 3.74. The third-order valence-electron chi connectivity index (χ3n) is 20.2. The Morgan fingerprint density at radius 1 is 0.294 bits per heavy atom. The molecule has 9 heterocycles. The number of nitrogens with zero attached hydrogens (tertiary/aromatic N) is 4. The zero-order valence-corrected chi connectivity index (χ0v) is 47.1. The smallest absolute Gasteiger partial charge is 0.256 e. The molecular weight excluding hydrogens is 1050 g/mol. The molecule has 0 saturated heterocycles. The Morgan fingerprint density at radius 3 is 0.929 bits per heavy atom. The summed E-state index contributed by atoms with van der Waals surface area (Å²) in [4.78, 5) is 10.2. The zero-order valence-electron chi connectivity index (χ0n) is 46.3. The highest BCUT2D eigenvalue weighted by Gasteiger charge is 2.54. The van der Waals surface area contributed by atoms with Crippen LogP contribution in [0.3, 0.4) is 0 Å². The van der Waals surface area contributed by atoms with E-state index in [0.717, 1.165) is 45.5 Å². The molecule has 21 rings (SSSR count). The summed E-state index contributed by atoms with van der Waals surface area (Å²) in [6.07, 6.45) is 0. The summed E-state index contributed by atoms with van der Waals surface area (Å²) in [7, 11) is 0. The van der Waals surface area contributed by atoms with Gasteiger partial charge in [-0.2, -0.15) is 0 Å². The molecule has 0 atom stereocenters. The first-order valence-corrected chi connectivity index (χ1v) is 30.5. The van der Waals surface area contributed by atoms with Crippen LogP contribution in [0.2, 0.25) is 0 Å². The van der Waals surface area contributed by atoms with E-state index in [9.17, 15) is 0 Å². The Labute approximate surface area is 496 Å². The highest BCUT2D eigenvalue weighted by molar-refractivity contribution is 7.26. The van der Waals surface area contributed by atoms with Gasteiger partial charge in [-0.3, -0.25) is 0 Å². The number of hydrogen-bond donors (Lipinski definition) is 0. The molecule has 13 aromatic rings. The number of hydrogen-bond acceptors (Lipinski definition) is 7. The van der Waals surface area contributed by atoms with Gasteiger partial charge in [0.2, 0.25) is 0 Å². The highest BCUT2D eigenvalue weighted by atomic mass is 32.1. The Morgan fingerprint density at radius 2 is 0.588 bits per heavy atom. The summed E-state index contributed by atoms with van der Waals surface area (Å²) in [6.45, 7) is 4.49. The Hall–Kier alpha value is -10.1. The molecule has 6 nitrogen and oxygen atoms in total. The zero-order chi connectivity index (χ0) is 55.2. The van der Waals surface area contributed by atoms with Crippen molar-refractivity contribution in [2.75, 3.05) is 19.6 Å². The van der Waals surface area contributed by atoms with Gasteiger partial charge in [0.1, 0.15) is 23.0 Å². The van der Waals surface area contributed by atoms with Crippen LogP contribution in [-0.4, -0.2) is 26.9 Å². The van der Waals surface area contributed by atoms with Gasteiger partial charge in [0, 0.05) is 88.2 Å². The highest BCUT2D eigenvalue weighted by Crippen LogP contribution is 2.53. The fourth-order valence-corrected chi connectivity index (χ4v) is 18.2. The normalized spacial score (nSPS) is 14.7.